The van der Waals surface area contributed by atoms with Crippen LogP contribution in [0.5, 0.6) is 0 Å². The van der Waals surface area contributed by atoms with Crippen LogP contribution in [0, 0.1) is 0 Å². The van der Waals surface area contributed by atoms with Crippen LogP contribution in [0.4, 0.5) is 10.5 Å². The fraction of sp³-hybridized carbons (Fsp3) is 0.375. The maximum absolute atomic E-state index is 12.1. The van der Waals surface area contributed by atoms with Gasteiger partial charge in [-0.2, -0.15) is 0 Å². The first-order valence-corrected chi connectivity index (χ1v) is 9.11. The zero-order valence-corrected chi connectivity index (χ0v) is 14.7. The van der Waals surface area contributed by atoms with E-state index < -0.39 is 21.7 Å². The van der Waals surface area contributed by atoms with Gasteiger partial charge in [0.2, 0.25) is 10.0 Å². The van der Waals surface area contributed by atoms with Crippen LogP contribution in [-0.2, 0) is 14.8 Å². The van der Waals surface area contributed by atoms with Gasteiger partial charge in [-0.05, 0) is 44.4 Å². The number of ether oxygens (including phenoxy) is 1. The van der Waals surface area contributed by atoms with Crippen molar-refractivity contribution in [2.24, 2.45) is 0 Å². The van der Waals surface area contributed by atoms with E-state index in [1.54, 1.807) is 57.4 Å². The van der Waals surface area contributed by atoms with Crippen molar-refractivity contribution in [3.8, 4) is 0 Å². The minimum Gasteiger partial charge on any atom is -0.444 e. The zero-order valence-electron chi connectivity index (χ0n) is 13.9. The molecule has 0 saturated heterocycles. The van der Waals surface area contributed by atoms with E-state index in [4.69, 9.17) is 4.74 Å². The Hall–Kier alpha value is -2.35. The second-order valence-corrected chi connectivity index (χ2v) is 8.13. The van der Waals surface area contributed by atoms with E-state index in [2.05, 4.69) is 15.0 Å². The molecule has 0 unspecified atom stereocenters. The van der Waals surface area contributed by atoms with Crippen LogP contribution in [-0.4, -0.2) is 37.4 Å². The van der Waals surface area contributed by atoms with E-state index in [9.17, 15) is 13.2 Å². The Kier molecular flexibility index (Phi) is 5.28. The molecule has 2 rings (SSSR count). The molecule has 0 aliphatic heterocycles. The molecule has 0 bridgehead atoms. The molecule has 24 heavy (non-hydrogen) atoms. The van der Waals surface area contributed by atoms with Gasteiger partial charge in [-0.1, -0.05) is 6.07 Å². The van der Waals surface area contributed by atoms with E-state index in [-0.39, 0.29) is 12.3 Å². The number of hydrogen-bond acceptors (Lipinski definition) is 5. The van der Waals surface area contributed by atoms with E-state index >= 15 is 0 Å². The number of nitrogens with zero attached hydrogens (tertiary/aromatic N) is 1. The van der Waals surface area contributed by atoms with Crippen LogP contribution in [0.1, 0.15) is 20.8 Å². The summed E-state index contributed by atoms with van der Waals surface area (Å²) in [6.07, 6.45) is 2.71. The molecule has 0 atom stereocenters. The fourth-order valence-electron chi connectivity index (χ4n) is 1.98. The number of aromatic nitrogens is 1. The van der Waals surface area contributed by atoms with Gasteiger partial charge >= 0.3 is 6.09 Å². The summed E-state index contributed by atoms with van der Waals surface area (Å²) in [7, 11) is -3.58. The van der Waals surface area contributed by atoms with Crippen LogP contribution < -0.4 is 10.0 Å². The SMILES string of the molecule is CC(C)(C)OC(=O)NCCS(=O)(=O)Nc1ccc2cnccc2c1. The number of alkyl carbamates (subject to hydrolysis) is 1. The summed E-state index contributed by atoms with van der Waals surface area (Å²) < 4.78 is 31.7. The fourth-order valence-corrected chi connectivity index (χ4v) is 2.94. The standard InChI is InChI=1S/C16H21N3O4S/c1-16(2,3)23-15(20)18-8-9-24(21,22)19-14-5-4-13-11-17-7-6-12(13)10-14/h4-7,10-11,19H,8-9H2,1-3H3,(H,18,20). The normalized spacial score (nSPS) is 12.0. The van der Waals surface area contributed by atoms with Gasteiger partial charge in [0.15, 0.2) is 0 Å². The van der Waals surface area contributed by atoms with Crippen molar-refractivity contribution in [2.75, 3.05) is 17.0 Å². The monoisotopic (exact) mass is 351 g/mol. The van der Waals surface area contributed by atoms with Crippen LogP contribution in [0.15, 0.2) is 36.7 Å². The summed E-state index contributed by atoms with van der Waals surface area (Å²) >= 11 is 0. The zero-order chi connectivity index (χ0) is 17.8. The average Bonchev–Trinajstić information content (AvgIpc) is 2.44. The minimum atomic E-state index is -3.58. The quantitative estimate of drug-likeness (QED) is 0.862. The van der Waals surface area contributed by atoms with Crippen molar-refractivity contribution >= 4 is 32.6 Å². The van der Waals surface area contributed by atoms with Crippen LogP contribution >= 0.6 is 0 Å². The topological polar surface area (TPSA) is 97.4 Å². The summed E-state index contributed by atoms with van der Waals surface area (Å²) in [5.41, 5.74) is -0.160. The first-order valence-electron chi connectivity index (χ1n) is 7.46. The van der Waals surface area contributed by atoms with Crippen LogP contribution in [0.25, 0.3) is 10.8 Å². The molecule has 0 aliphatic rings. The Morgan fingerprint density at radius 2 is 1.96 bits per heavy atom. The molecule has 1 amide bonds. The number of sulfonamides is 1. The van der Waals surface area contributed by atoms with Gasteiger partial charge in [0, 0.05) is 30.0 Å². The highest BCUT2D eigenvalue weighted by Crippen LogP contribution is 2.18. The first kappa shape index (κ1) is 18.0. The number of carbonyl (C=O) groups is 1. The van der Waals surface area contributed by atoms with E-state index in [1.165, 1.54) is 0 Å². The number of carbonyl (C=O) groups excluding carboxylic acids is 1. The van der Waals surface area contributed by atoms with Gasteiger partial charge < -0.3 is 10.1 Å². The Labute approximate surface area is 141 Å². The number of nitrogens with one attached hydrogen (secondary N) is 2. The summed E-state index contributed by atoms with van der Waals surface area (Å²) in [6.45, 7) is 5.17. The largest absolute Gasteiger partial charge is 0.444 e. The molecule has 2 aromatic rings. The number of rotatable bonds is 5. The highest BCUT2D eigenvalue weighted by Gasteiger charge is 2.17. The summed E-state index contributed by atoms with van der Waals surface area (Å²) in [4.78, 5) is 15.5. The molecular weight excluding hydrogens is 330 g/mol. The van der Waals surface area contributed by atoms with Crippen LogP contribution in [0.3, 0.4) is 0 Å². The molecular formula is C16H21N3O4S. The van der Waals surface area contributed by atoms with Gasteiger partial charge in [-0.25, -0.2) is 13.2 Å². The van der Waals surface area contributed by atoms with E-state index in [1.807, 2.05) is 0 Å². The van der Waals surface area contributed by atoms with E-state index in [0.29, 0.717) is 5.69 Å². The number of fused-ring (bicyclic) bond motifs is 1. The molecule has 1 aromatic heterocycles. The van der Waals surface area contributed by atoms with Crippen LogP contribution in [0.2, 0.25) is 0 Å². The molecule has 0 saturated carbocycles. The molecule has 0 aliphatic carbocycles. The van der Waals surface area contributed by atoms with Crippen molar-refractivity contribution < 1.29 is 17.9 Å². The summed E-state index contributed by atoms with van der Waals surface area (Å²) in [5, 5.41) is 4.23. The lowest BCUT2D eigenvalue weighted by Crippen LogP contribution is -2.35. The van der Waals surface area contributed by atoms with Crippen molar-refractivity contribution in [1.29, 1.82) is 0 Å². The average molecular weight is 351 g/mol. The first-order chi connectivity index (χ1) is 11.1. The third-order valence-electron chi connectivity index (χ3n) is 2.95. The minimum absolute atomic E-state index is 0.0399. The second kappa shape index (κ2) is 7.04. The molecule has 0 spiro atoms. The van der Waals surface area contributed by atoms with Gasteiger partial charge in [0.25, 0.3) is 0 Å². The predicted octanol–water partition coefficient (Wildman–Crippen LogP) is 2.50. The number of amides is 1. The number of pyridine rings is 1. The molecule has 130 valence electrons. The summed E-state index contributed by atoms with van der Waals surface area (Å²) in [5.74, 6) is -0.249. The molecule has 8 heteroatoms. The molecule has 2 N–H and O–H groups in total. The Balaban J connectivity index is 1.91. The van der Waals surface area contributed by atoms with Crippen molar-refractivity contribution in [1.82, 2.24) is 10.3 Å². The highest BCUT2D eigenvalue weighted by molar-refractivity contribution is 7.92. The van der Waals surface area contributed by atoms with Crippen molar-refractivity contribution in [3.05, 3.63) is 36.7 Å². The predicted molar refractivity (Wildman–Crippen MR) is 93.4 cm³/mol. The van der Waals surface area contributed by atoms with Gasteiger partial charge in [-0.3, -0.25) is 9.71 Å². The molecule has 0 radical (unpaired) electrons. The third kappa shape index (κ3) is 5.69. The lowest BCUT2D eigenvalue weighted by molar-refractivity contribution is 0.0531. The number of anilines is 1. The van der Waals surface area contributed by atoms with Gasteiger partial charge in [-0.15, -0.1) is 0 Å². The maximum Gasteiger partial charge on any atom is 0.407 e. The third-order valence-corrected chi connectivity index (χ3v) is 4.24. The second-order valence-electron chi connectivity index (χ2n) is 6.29. The smallest absolute Gasteiger partial charge is 0.407 e. The lowest BCUT2D eigenvalue weighted by atomic mass is 10.2. The number of hydrogen-bond donors (Lipinski definition) is 2. The lowest BCUT2D eigenvalue weighted by Gasteiger charge is -2.19. The Bertz CT molecular complexity index is 829. The number of benzene rings is 1. The molecule has 1 aromatic carbocycles. The molecule has 0 fully saturated rings. The maximum atomic E-state index is 12.1. The highest BCUT2D eigenvalue weighted by atomic mass is 32.2. The Morgan fingerprint density at radius 3 is 2.67 bits per heavy atom. The molecule has 1 heterocycles. The van der Waals surface area contributed by atoms with Crippen molar-refractivity contribution in [2.45, 2.75) is 26.4 Å². The Morgan fingerprint density at radius 1 is 1.21 bits per heavy atom. The summed E-state index contributed by atoms with van der Waals surface area (Å²) in [6, 6.07) is 7.00. The van der Waals surface area contributed by atoms with Gasteiger partial charge in [0.05, 0.1) is 5.75 Å². The molecule has 7 nitrogen and oxygen atoms in total. The van der Waals surface area contributed by atoms with Gasteiger partial charge in [0.1, 0.15) is 5.60 Å². The van der Waals surface area contributed by atoms with Crippen molar-refractivity contribution in [3.63, 3.8) is 0 Å². The van der Waals surface area contributed by atoms with E-state index in [0.717, 1.165) is 10.8 Å².